The van der Waals surface area contributed by atoms with Crippen LogP contribution in [0.1, 0.15) is 16.7 Å². The molecule has 0 N–H and O–H groups in total. The summed E-state index contributed by atoms with van der Waals surface area (Å²) in [6.45, 7) is 7.27. The van der Waals surface area contributed by atoms with Crippen LogP contribution >= 0.6 is 0 Å². The number of aromatic nitrogens is 1. The van der Waals surface area contributed by atoms with Crippen LogP contribution in [0.4, 0.5) is 4.39 Å². The predicted molar refractivity (Wildman–Crippen MR) is 93.5 cm³/mol. The monoisotopic (exact) mass is 309 g/mol. The Labute approximate surface area is 131 Å². The molecule has 0 radical (unpaired) electrons. The number of rotatable bonds is 1. The molecule has 4 rings (SSSR count). The molecule has 1 aliphatic rings. The van der Waals surface area contributed by atoms with Crippen LogP contribution in [0.3, 0.4) is 0 Å². The number of halogens is 1. The summed E-state index contributed by atoms with van der Waals surface area (Å²) in [5.74, 6) is -0.162. The van der Waals surface area contributed by atoms with E-state index in [2.05, 4.69) is 55.5 Å². The number of hydrogen-bond donors (Lipinski definition) is 0. The third-order valence-corrected chi connectivity index (χ3v) is 7.22. The summed E-state index contributed by atoms with van der Waals surface area (Å²) < 4.78 is 15.9. The van der Waals surface area contributed by atoms with Gasteiger partial charge in [-0.25, -0.2) is 4.39 Å². The summed E-state index contributed by atoms with van der Waals surface area (Å²) in [7, 11) is 0.608. The first kappa shape index (κ1) is 13.8. The number of nitrogens with zero attached hydrogens (tertiary/aromatic N) is 1. The van der Waals surface area contributed by atoms with Gasteiger partial charge in [-0.1, -0.05) is 43.9 Å². The van der Waals surface area contributed by atoms with Crippen LogP contribution in [0.5, 0.6) is 0 Å². The maximum absolute atomic E-state index is 13.7. The number of fused-ring (bicyclic) bond motifs is 5. The Kier molecular flexibility index (Phi) is 2.71. The molecule has 1 atom stereocenters. The van der Waals surface area contributed by atoms with Crippen molar-refractivity contribution in [2.45, 2.75) is 25.2 Å². The Bertz CT molecular complexity index is 902. The van der Waals surface area contributed by atoms with Gasteiger partial charge in [-0.15, -0.1) is 0 Å². The third-order valence-electron chi connectivity index (χ3n) is 4.88. The number of aryl methyl sites for hydroxylation is 1. The molecule has 0 saturated carbocycles. The third kappa shape index (κ3) is 1.69. The van der Waals surface area contributed by atoms with E-state index in [-0.39, 0.29) is 5.82 Å². The van der Waals surface area contributed by atoms with Crippen molar-refractivity contribution in [1.29, 1.82) is 0 Å². The highest BCUT2D eigenvalue weighted by Gasteiger charge is 2.40. The lowest BCUT2D eigenvalue weighted by Crippen LogP contribution is -2.30. The van der Waals surface area contributed by atoms with Crippen LogP contribution < -0.4 is 0 Å². The fraction of sp³-hybridized carbons (Fsp3) is 0.263. The summed E-state index contributed by atoms with van der Waals surface area (Å²) in [5.41, 5.74) is 6.95. The molecule has 1 aliphatic carbocycles. The molecule has 3 heteroatoms. The highest BCUT2D eigenvalue weighted by atomic mass is 28.3. The van der Waals surface area contributed by atoms with Gasteiger partial charge in [0.25, 0.3) is 0 Å². The minimum atomic E-state index is -1.45. The van der Waals surface area contributed by atoms with Gasteiger partial charge in [0.05, 0.1) is 19.3 Å². The van der Waals surface area contributed by atoms with Gasteiger partial charge < -0.3 is 4.57 Å². The van der Waals surface area contributed by atoms with Crippen molar-refractivity contribution < 1.29 is 4.39 Å². The van der Waals surface area contributed by atoms with Crippen LogP contribution in [-0.2, 0) is 7.05 Å². The van der Waals surface area contributed by atoms with E-state index < -0.39 is 8.07 Å². The largest absolute Gasteiger partial charge is 0.343 e. The van der Waals surface area contributed by atoms with Gasteiger partial charge in [0.15, 0.2) is 0 Å². The van der Waals surface area contributed by atoms with Gasteiger partial charge in [0.2, 0.25) is 0 Å². The molecule has 3 aromatic rings. The second kappa shape index (κ2) is 4.32. The number of benzene rings is 2. The van der Waals surface area contributed by atoms with E-state index >= 15 is 0 Å². The minimum Gasteiger partial charge on any atom is -0.343 e. The van der Waals surface area contributed by atoms with Crippen LogP contribution in [0.25, 0.3) is 22.2 Å². The topological polar surface area (TPSA) is 4.93 Å². The highest BCUT2D eigenvalue weighted by Crippen LogP contribution is 2.52. The first-order valence-electron chi connectivity index (χ1n) is 7.76. The second-order valence-corrected chi connectivity index (χ2v) is 12.7. The van der Waals surface area contributed by atoms with Crippen LogP contribution in [0.2, 0.25) is 19.6 Å². The molecule has 0 saturated heterocycles. The fourth-order valence-corrected chi connectivity index (χ4v) is 6.42. The standard InChI is InChI=1S/C19H20FNSi/c1-21-16-11-12(20)9-10-15(16)17-18(21)13-7-5-6-8-14(13)19(17)22(2,3)4/h5-11,19H,1-4H3. The van der Waals surface area contributed by atoms with Gasteiger partial charge in [-0.3, -0.25) is 0 Å². The Hall–Kier alpha value is -1.87. The lowest BCUT2D eigenvalue weighted by molar-refractivity contribution is 0.629. The maximum Gasteiger partial charge on any atom is 0.125 e. The molecule has 1 aromatic heterocycles. The molecule has 22 heavy (non-hydrogen) atoms. The summed E-state index contributed by atoms with van der Waals surface area (Å²) >= 11 is 0. The van der Waals surface area contributed by atoms with Gasteiger partial charge in [0.1, 0.15) is 5.82 Å². The van der Waals surface area contributed by atoms with Crippen molar-refractivity contribution in [3.63, 3.8) is 0 Å². The average molecular weight is 309 g/mol. The van der Waals surface area contributed by atoms with Gasteiger partial charge in [-0.05, 0) is 29.3 Å². The SMILES string of the molecule is Cn1c2c(c3ccc(F)cc31)C([Si](C)(C)C)c1ccccc1-2. The Morgan fingerprint density at radius 2 is 1.77 bits per heavy atom. The van der Waals surface area contributed by atoms with Gasteiger partial charge in [-0.2, -0.15) is 0 Å². The van der Waals surface area contributed by atoms with Crippen molar-refractivity contribution in [2.24, 2.45) is 7.05 Å². The van der Waals surface area contributed by atoms with Crippen molar-refractivity contribution in [3.05, 3.63) is 59.4 Å². The second-order valence-electron chi connectivity index (χ2n) is 7.37. The lowest BCUT2D eigenvalue weighted by Gasteiger charge is -2.27. The zero-order valence-corrected chi connectivity index (χ0v) is 14.4. The predicted octanol–water partition coefficient (Wildman–Crippen LogP) is 5.31. The van der Waals surface area contributed by atoms with E-state index in [9.17, 15) is 4.39 Å². The summed E-state index contributed by atoms with van der Waals surface area (Å²) in [6, 6.07) is 13.9. The quantitative estimate of drug-likeness (QED) is 0.537. The molecule has 0 amide bonds. The summed E-state index contributed by atoms with van der Waals surface area (Å²) in [4.78, 5) is 0. The molecular formula is C19H20FNSi. The molecule has 1 unspecified atom stereocenters. The molecule has 0 fully saturated rings. The molecule has 112 valence electrons. The van der Waals surface area contributed by atoms with Crippen molar-refractivity contribution in [3.8, 4) is 11.3 Å². The summed E-state index contributed by atoms with van der Waals surface area (Å²) in [5, 5.41) is 1.21. The van der Waals surface area contributed by atoms with E-state index in [1.165, 1.54) is 27.8 Å². The number of hydrogen-bond acceptors (Lipinski definition) is 0. The van der Waals surface area contributed by atoms with Crippen LogP contribution in [-0.4, -0.2) is 12.6 Å². The zero-order chi connectivity index (χ0) is 15.6. The van der Waals surface area contributed by atoms with E-state index in [1.807, 2.05) is 6.07 Å². The van der Waals surface area contributed by atoms with Crippen molar-refractivity contribution in [1.82, 2.24) is 4.57 Å². The Balaban J connectivity index is 2.17. The molecule has 2 aromatic carbocycles. The van der Waals surface area contributed by atoms with Gasteiger partial charge >= 0.3 is 0 Å². The van der Waals surface area contributed by atoms with E-state index in [1.54, 1.807) is 12.1 Å². The summed E-state index contributed by atoms with van der Waals surface area (Å²) in [6.07, 6.45) is 0. The Morgan fingerprint density at radius 3 is 2.50 bits per heavy atom. The van der Waals surface area contributed by atoms with E-state index in [0.29, 0.717) is 5.54 Å². The first-order chi connectivity index (χ1) is 10.4. The molecular weight excluding hydrogens is 289 g/mol. The molecule has 0 bridgehead atoms. The maximum atomic E-state index is 13.7. The molecule has 1 nitrogen and oxygen atoms in total. The molecule has 0 aliphatic heterocycles. The zero-order valence-electron chi connectivity index (χ0n) is 13.4. The lowest BCUT2D eigenvalue weighted by atomic mass is 10.1. The first-order valence-corrected chi connectivity index (χ1v) is 11.3. The van der Waals surface area contributed by atoms with Crippen molar-refractivity contribution in [2.75, 3.05) is 0 Å². The highest BCUT2D eigenvalue weighted by molar-refractivity contribution is 6.78. The van der Waals surface area contributed by atoms with Crippen LogP contribution in [0, 0.1) is 5.82 Å². The molecule has 0 spiro atoms. The fourth-order valence-electron chi connectivity index (χ4n) is 4.08. The van der Waals surface area contributed by atoms with Crippen LogP contribution in [0.15, 0.2) is 42.5 Å². The average Bonchev–Trinajstić information content (AvgIpc) is 2.93. The normalized spacial score (nSPS) is 16.9. The smallest absolute Gasteiger partial charge is 0.125 e. The minimum absolute atomic E-state index is 0.162. The van der Waals surface area contributed by atoms with Gasteiger partial charge in [0, 0.05) is 23.5 Å². The van der Waals surface area contributed by atoms with E-state index in [0.717, 1.165) is 5.52 Å². The Morgan fingerprint density at radius 1 is 1.05 bits per heavy atom. The van der Waals surface area contributed by atoms with E-state index in [4.69, 9.17) is 0 Å². The van der Waals surface area contributed by atoms with Crippen molar-refractivity contribution >= 4 is 19.0 Å². The molecule has 1 heterocycles.